The molecule has 0 bridgehead atoms. The molecule has 0 aliphatic heterocycles. The number of anilines is 2. The van der Waals surface area contributed by atoms with E-state index in [1.807, 2.05) is 78.9 Å². The van der Waals surface area contributed by atoms with E-state index in [0.717, 1.165) is 10.5 Å². The molecule has 0 aliphatic carbocycles. The highest BCUT2D eigenvalue weighted by molar-refractivity contribution is 8.00. The Kier molecular flexibility index (Phi) is 11.7. The van der Waals surface area contributed by atoms with E-state index in [2.05, 4.69) is 16.0 Å². The number of carbonyl (C=O) groups is 3. The number of ether oxygens (including phenoxy) is 2. The molecule has 0 spiro atoms. The number of hydrogen-bond donors (Lipinski definition) is 3. The molecule has 1 unspecified atom stereocenters. The Morgan fingerprint density at radius 2 is 1.46 bits per heavy atom. The number of carbonyl (C=O) groups excluding carboxylic acids is 3. The third-order valence-electron chi connectivity index (χ3n) is 7.11. The molecule has 0 aliphatic rings. The molecule has 3 amide bonds. The monoisotopic (exact) mass is 657 g/mol. The zero-order valence-electron chi connectivity index (χ0n) is 26.5. The van der Waals surface area contributed by atoms with Crippen LogP contribution in [-0.4, -0.2) is 30.1 Å². The summed E-state index contributed by atoms with van der Waals surface area (Å²) in [4.78, 5) is 40.4. The Hall–Kier alpha value is -5.80. The third kappa shape index (κ3) is 9.60. The second kappa shape index (κ2) is 16.7. The van der Waals surface area contributed by atoms with E-state index in [1.165, 1.54) is 11.8 Å². The van der Waals surface area contributed by atoms with Crippen LogP contribution in [0.3, 0.4) is 0 Å². The van der Waals surface area contributed by atoms with Crippen molar-refractivity contribution < 1.29 is 23.9 Å². The van der Waals surface area contributed by atoms with Gasteiger partial charge in [-0.25, -0.2) is 0 Å². The van der Waals surface area contributed by atoms with Gasteiger partial charge in [-0.15, -0.1) is 11.8 Å². The zero-order chi connectivity index (χ0) is 33.7. The van der Waals surface area contributed by atoms with E-state index in [-0.39, 0.29) is 11.6 Å². The van der Waals surface area contributed by atoms with Gasteiger partial charge >= 0.3 is 0 Å². The topological polar surface area (TPSA) is 106 Å². The number of rotatable bonds is 13. The summed E-state index contributed by atoms with van der Waals surface area (Å²) in [6.07, 6.45) is 1.61. The quantitative estimate of drug-likeness (QED) is 0.0882. The van der Waals surface area contributed by atoms with Crippen molar-refractivity contribution in [2.45, 2.75) is 23.7 Å². The lowest BCUT2D eigenvalue weighted by molar-refractivity contribution is -0.115. The van der Waals surface area contributed by atoms with E-state index >= 15 is 0 Å². The van der Waals surface area contributed by atoms with Gasteiger partial charge in [-0.05, 0) is 78.7 Å². The Labute approximate surface area is 284 Å². The molecular weight excluding hydrogens is 623 g/mol. The molecule has 0 saturated heterocycles. The molecule has 0 radical (unpaired) electrons. The maximum absolute atomic E-state index is 13.6. The number of benzene rings is 5. The molecule has 1 atom stereocenters. The maximum atomic E-state index is 13.6. The SMILES string of the molecule is COc1ccccc1NC(=O)C(C)Sc1cccc(NC(=O)/C(=C/c2ccc(OCc3ccccc3)cc2)NC(=O)c2ccccc2)c1. The molecule has 0 saturated carbocycles. The fourth-order valence-electron chi connectivity index (χ4n) is 4.60. The lowest BCUT2D eigenvalue weighted by atomic mass is 10.1. The minimum Gasteiger partial charge on any atom is -0.495 e. The molecule has 5 aromatic rings. The largest absolute Gasteiger partial charge is 0.495 e. The smallest absolute Gasteiger partial charge is 0.272 e. The average Bonchev–Trinajstić information content (AvgIpc) is 3.12. The molecule has 0 fully saturated rings. The highest BCUT2D eigenvalue weighted by Crippen LogP contribution is 2.29. The van der Waals surface area contributed by atoms with Gasteiger partial charge in [0, 0.05) is 16.1 Å². The fraction of sp³-hybridized carbons (Fsp3) is 0.103. The summed E-state index contributed by atoms with van der Waals surface area (Å²) < 4.78 is 11.2. The summed E-state index contributed by atoms with van der Waals surface area (Å²) in [5.41, 5.74) is 3.32. The molecule has 5 aromatic carbocycles. The third-order valence-corrected chi connectivity index (χ3v) is 8.20. The molecular formula is C39H35N3O5S. The molecule has 5 rings (SSSR count). The van der Waals surface area contributed by atoms with E-state index in [4.69, 9.17) is 9.47 Å². The Bertz CT molecular complexity index is 1880. The fourth-order valence-corrected chi connectivity index (χ4v) is 5.52. The Balaban J connectivity index is 1.28. The van der Waals surface area contributed by atoms with Gasteiger partial charge in [0.1, 0.15) is 23.8 Å². The van der Waals surface area contributed by atoms with Gasteiger partial charge in [0.2, 0.25) is 5.91 Å². The van der Waals surface area contributed by atoms with Crippen molar-refractivity contribution in [3.63, 3.8) is 0 Å². The Morgan fingerprint density at radius 3 is 2.19 bits per heavy atom. The van der Waals surface area contributed by atoms with Crippen LogP contribution in [0.5, 0.6) is 11.5 Å². The van der Waals surface area contributed by atoms with Crippen LogP contribution in [0.1, 0.15) is 28.4 Å². The lowest BCUT2D eigenvalue weighted by Crippen LogP contribution is -2.30. The standard InChI is InChI=1S/C39H35N3O5S/c1-27(37(43)41-34-18-9-10-19-36(34)46-2)48-33-17-11-16-31(25-33)40-39(45)35(42-38(44)30-14-7-4-8-15-30)24-28-20-22-32(23-21-28)47-26-29-12-5-3-6-13-29/h3-25,27H,26H2,1-2H3,(H,40,45)(H,41,43)(H,42,44)/b35-24-. The summed E-state index contributed by atoms with van der Waals surface area (Å²) in [7, 11) is 1.55. The molecule has 0 heterocycles. The number of para-hydroxylation sites is 2. The van der Waals surface area contributed by atoms with Crippen molar-refractivity contribution in [3.8, 4) is 11.5 Å². The van der Waals surface area contributed by atoms with E-state index in [1.54, 1.807) is 74.7 Å². The van der Waals surface area contributed by atoms with Gasteiger partial charge < -0.3 is 25.4 Å². The minimum atomic E-state index is -0.507. The van der Waals surface area contributed by atoms with E-state index in [9.17, 15) is 14.4 Å². The Morgan fingerprint density at radius 1 is 0.771 bits per heavy atom. The van der Waals surface area contributed by atoms with Crippen LogP contribution < -0.4 is 25.4 Å². The first kappa shape index (κ1) is 33.6. The number of thioether (sulfide) groups is 1. The molecule has 0 aromatic heterocycles. The van der Waals surface area contributed by atoms with Crippen LogP contribution in [0.15, 0.2) is 144 Å². The van der Waals surface area contributed by atoms with Gasteiger partial charge in [-0.3, -0.25) is 14.4 Å². The highest BCUT2D eigenvalue weighted by atomic mass is 32.2. The van der Waals surface area contributed by atoms with E-state index in [0.29, 0.717) is 40.6 Å². The van der Waals surface area contributed by atoms with Gasteiger partial charge in [-0.1, -0.05) is 78.9 Å². The summed E-state index contributed by atoms with van der Waals surface area (Å²) in [6, 6.07) is 40.2. The van der Waals surface area contributed by atoms with Crippen LogP contribution in [0.2, 0.25) is 0 Å². The second-order valence-corrected chi connectivity index (χ2v) is 12.1. The van der Waals surface area contributed by atoms with Crippen LogP contribution in [0.4, 0.5) is 11.4 Å². The van der Waals surface area contributed by atoms with Gasteiger partial charge in [0.05, 0.1) is 18.0 Å². The van der Waals surface area contributed by atoms with Gasteiger partial charge in [-0.2, -0.15) is 0 Å². The maximum Gasteiger partial charge on any atom is 0.272 e. The number of methoxy groups -OCH3 is 1. The minimum absolute atomic E-state index is 0.0596. The summed E-state index contributed by atoms with van der Waals surface area (Å²) in [6.45, 7) is 2.23. The predicted molar refractivity (Wildman–Crippen MR) is 191 cm³/mol. The van der Waals surface area contributed by atoms with Gasteiger partial charge in [0.25, 0.3) is 11.8 Å². The zero-order valence-corrected chi connectivity index (χ0v) is 27.3. The number of amides is 3. The predicted octanol–water partition coefficient (Wildman–Crippen LogP) is 7.80. The second-order valence-electron chi connectivity index (χ2n) is 10.7. The number of hydrogen-bond acceptors (Lipinski definition) is 6. The average molecular weight is 658 g/mol. The van der Waals surface area contributed by atoms with Crippen LogP contribution in [0, 0.1) is 0 Å². The van der Waals surface area contributed by atoms with Crippen molar-refractivity contribution in [1.29, 1.82) is 0 Å². The first-order valence-electron chi connectivity index (χ1n) is 15.2. The summed E-state index contributed by atoms with van der Waals surface area (Å²) in [5, 5.41) is 8.12. The number of nitrogens with one attached hydrogen (secondary N) is 3. The van der Waals surface area contributed by atoms with Crippen molar-refractivity contribution in [2.75, 3.05) is 17.7 Å². The normalized spacial score (nSPS) is 11.6. The summed E-state index contributed by atoms with van der Waals surface area (Å²) in [5.74, 6) is 0.134. The van der Waals surface area contributed by atoms with Crippen molar-refractivity contribution in [1.82, 2.24) is 5.32 Å². The van der Waals surface area contributed by atoms with Crippen molar-refractivity contribution in [3.05, 3.63) is 156 Å². The molecule has 242 valence electrons. The van der Waals surface area contributed by atoms with Crippen LogP contribution in [0.25, 0.3) is 6.08 Å². The molecule has 48 heavy (non-hydrogen) atoms. The molecule has 8 nitrogen and oxygen atoms in total. The molecule has 3 N–H and O–H groups in total. The highest BCUT2D eigenvalue weighted by Gasteiger charge is 2.18. The first-order chi connectivity index (χ1) is 23.4. The van der Waals surface area contributed by atoms with Crippen LogP contribution >= 0.6 is 11.8 Å². The lowest BCUT2D eigenvalue weighted by Gasteiger charge is -2.15. The van der Waals surface area contributed by atoms with E-state index < -0.39 is 17.1 Å². The first-order valence-corrected chi connectivity index (χ1v) is 16.1. The summed E-state index contributed by atoms with van der Waals surface area (Å²) >= 11 is 1.35. The van der Waals surface area contributed by atoms with Crippen LogP contribution in [-0.2, 0) is 16.2 Å². The molecule has 9 heteroatoms. The van der Waals surface area contributed by atoms with Gasteiger partial charge in [0.15, 0.2) is 0 Å². The van der Waals surface area contributed by atoms with Crippen molar-refractivity contribution >= 4 is 46.9 Å². The van der Waals surface area contributed by atoms with Crippen molar-refractivity contribution in [2.24, 2.45) is 0 Å².